The summed E-state index contributed by atoms with van der Waals surface area (Å²) in [6.07, 6.45) is -1.43. The second-order valence-electron chi connectivity index (χ2n) is 8.38. The minimum Gasteiger partial charge on any atom is -0.395 e. The molecule has 6 nitrogen and oxygen atoms in total. The second kappa shape index (κ2) is 11.3. The van der Waals surface area contributed by atoms with E-state index in [-0.39, 0.29) is 42.1 Å². The third kappa shape index (κ3) is 6.75. The molecular formula is C25H28F4N2O4S. The van der Waals surface area contributed by atoms with Crippen molar-refractivity contribution in [3.05, 3.63) is 76.6 Å². The van der Waals surface area contributed by atoms with Crippen LogP contribution in [-0.4, -0.2) is 43.0 Å². The van der Waals surface area contributed by atoms with E-state index >= 15 is 0 Å². The number of carbonyl (C=O) groups is 1. The quantitative estimate of drug-likeness (QED) is 0.263. The molecular weight excluding hydrogens is 500 g/mol. The van der Waals surface area contributed by atoms with Gasteiger partial charge in [0.1, 0.15) is 10.7 Å². The first-order valence-corrected chi connectivity index (χ1v) is 12.7. The molecule has 1 amide bonds. The molecule has 0 saturated heterocycles. The van der Waals surface area contributed by atoms with Crippen LogP contribution in [0.25, 0.3) is 0 Å². The molecule has 0 fully saturated rings. The number of amides is 1. The number of rotatable bonds is 9. The van der Waals surface area contributed by atoms with Crippen molar-refractivity contribution >= 4 is 21.4 Å². The summed E-state index contributed by atoms with van der Waals surface area (Å²) in [5, 5.41) is 11.9. The van der Waals surface area contributed by atoms with E-state index in [0.29, 0.717) is 5.57 Å². The zero-order chi connectivity index (χ0) is 27.4. The largest absolute Gasteiger partial charge is 0.413 e. The van der Waals surface area contributed by atoms with Gasteiger partial charge < -0.3 is 15.0 Å². The molecule has 2 N–H and O–H groups in total. The van der Waals surface area contributed by atoms with Crippen LogP contribution < -0.4 is 5.32 Å². The van der Waals surface area contributed by atoms with Crippen molar-refractivity contribution in [2.24, 2.45) is 0 Å². The number of nitrogens with zero attached hydrogens (tertiary/aromatic N) is 1. The number of allylic oxidation sites excluding steroid dienone is 3. The number of hydrogen-bond acceptors (Lipinski definition) is 4. The Bertz CT molecular complexity index is 1330. The number of alkyl halides is 3. The Balaban J connectivity index is 2.51. The van der Waals surface area contributed by atoms with Crippen molar-refractivity contribution in [3.63, 3.8) is 0 Å². The van der Waals surface area contributed by atoms with E-state index in [4.69, 9.17) is 0 Å². The molecule has 1 heterocycles. The number of anilines is 1. The lowest BCUT2D eigenvalue weighted by molar-refractivity contribution is -0.0958. The van der Waals surface area contributed by atoms with E-state index in [9.17, 15) is 35.9 Å². The topological polar surface area (TPSA) is 88.4 Å². The van der Waals surface area contributed by atoms with E-state index < -0.39 is 44.1 Å². The summed E-state index contributed by atoms with van der Waals surface area (Å²) in [6.45, 7) is 7.46. The normalized spacial score (nSPS) is 13.3. The minimum absolute atomic E-state index is 0.00910. The lowest BCUT2D eigenvalue weighted by atomic mass is 9.92. The van der Waals surface area contributed by atoms with Crippen molar-refractivity contribution < 1.29 is 35.9 Å². The number of aliphatic hydroxyl groups is 1. The maximum absolute atomic E-state index is 14.2. The predicted octanol–water partition coefficient (Wildman–Crippen LogP) is 5.30. The maximum atomic E-state index is 14.2. The molecule has 196 valence electrons. The smallest absolute Gasteiger partial charge is 0.395 e. The number of aromatic nitrogens is 1. The van der Waals surface area contributed by atoms with Crippen molar-refractivity contribution in [2.45, 2.75) is 50.7 Å². The van der Waals surface area contributed by atoms with Gasteiger partial charge in [0.2, 0.25) is 0 Å². The van der Waals surface area contributed by atoms with E-state index in [1.54, 1.807) is 6.92 Å². The Morgan fingerprint density at radius 1 is 1.33 bits per heavy atom. The Hall–Kier alpha value is -3.14. The van der Waals surface area contributed by atoms with Crippen LogP contribution in [0, 0.1) is 12.7 Å². The van der Waals surface area contributed by atoms with Crippen LogP contribution in [0.4, 0.5) is 23.2 Å². The zero-order valence-corrected chi connectivity index (χ0v) is 21.1. The van der Waals surface area contributed by atoms with Gasteiger partial charge in [-0.05, 0) is 49.6 Å². The van der Waals surface area contributed by atoms with Crippen molar-refractivity contribution in [3.8, 4) is 0 Å². The SMILES string of the molecule is C=C=C(C)C/C=C(\[C@@H](C)c1c(C)c(C(=O)Nc2ccc(S(C)(=O)=O)c(F)c2)cn1CCO)C(F)(F)F. The highest BCUT2D eigenvalue weighted by Crippen LogP contribution is 2.40. The van der Waals surface area contributed by atoms with Gasteiger partial charge in [-0.1, -0.05) is 19.6 Å². The van der Waals surface area contributed by atoms with Crippen LogP contribution in [0.2, 0.25) is 0 Å². The summed E-state index contributed by atoms with van der Waals surface area (Å²) >= 11 is 0. The third-order valence-corrected chi connectivity index (χ3v) is 6.82. The van der Waals surface area contributed by atoms with Crippen LogP contribution in [0.15, 0.2) is 58.8 Å². The van der Waals surface area contributed by atoms with Crippen LogP contribution in [0.1, 0.15) is 47.8 Å². The maximum Gasteiger partial charge on any atom is 0.413 e. The highest BCUT2D eigenvalue weighted by Gasteiger charge is 2.39. The summed E-state index contributed by atoms with van der Waals surface area (Å²) in [5.74, 6) is -2.96. The lowest BCUT2D eigenvalue weighted by Crippen LogP contribution is -2.20. The molecule has 1 atom stereocenters. The number of aliphatic hydroxyl groups excluding tert-OH is 1. The van der Waals surface area contributed by atoms with Gasteiger partial charge in [-0.3, -0.25) is 4.79 Å². The molecule has 36 heavy (non-hydrogen) atoms. The van der Waals surface area contributed by atoms with Gasteiger partial charge in [-0.25, -0.2) is 12.8 Å². The molecule has 0 aliphatic rings. The van der Waals surface area contributed by atoms with Crippen molar-refractivity contribution in [1.29, 1.82) is 0 Å². The summed E-state index contributed by atoms with van der Waals surface area (Å²) < 4.78 is 80.6. The Kier molecular flexibility index (Phi) is 9.12. The summed E-state index contributed by atoms with van der Waals surface area (Å²) in [4.78, 5) is 12.4. The molecule has 0 radical (unpaired) electrons. The molecule has 0 unspecified atom stereocenters. The van der Waals surface area contributed by atoms with Gasteiger partial charge >= 0.3 is 6.18 Å². The monoisotopic (exact) mass is 528 g/mol. The average Bonchev–Trinajstić information content (AvgIpc) is 3.07. The standard InChI is InChI=1S/C25H28F4N2O4S/c1-6-15(2)7-9-20(25(27,28)29)17(4)23-16(3)19(14-31(23)11-12-32)24(33)30-18-8-10-22(21(26)13-18)36(5,34)35/h8-10,13-14,17,32H,1,7,11-12H2,2-5H3,(H,30,33)/b20-9+/t17-/m1/s1. The fourth-order valence-electron chi connectivity index (χ4n) is 3.87. The van der Waals surface area contributed by atoms with E-state index in [1.165, 1.54) is 30.7 Å². The first-order chi connectivity index (χ1) is 16.6. The molecule has 1 aromatic heterocycles. The molecule has 0 aliphatic carbocycles. The van der Waals surface area contributed by atoms with Crippen LogP contribution in [0.5, 0.6) is 0 Å². The Labute approximate surface area is 207 Å². The Morgan fingerprint density at radius 3 is 2.47 bits per heavy atom. The molecule has 0 aliphatic heterocycles. The molecule has 0 bridgehead atoms. The highest BCUT2D eigenvalue weighted by atomic mass is 32.2. The first-order valence-electron chi connectivity index (χ1n) is 10.9. The van der Waals surface area contributed by atoms with E-state index in [2.05, 4.69) is 17.6 Å². The first kappa shape index (κ1) is 29.1. The number of nitrogens with one attached hydrogen (secondary N) is 1. The van der Waals surface area contributed by atoms with Gasteiger partial charge in [0.25, 0.3) is 5.91 Å². The summed E-state index contributed by atoms with van der Waals surface area (Å²) in [6, 6.07) is 3.07. The van der Waals surface area contributed by atoms with Crippen LogP contribution in [0.3, 0.4) is 0 Å². The Morgan fingerprint density at radius 2 is 1.97 bits per heavy atom. The van der Waals surface area contributed by atoms with Gasteiger partial charge in [-0.15, -0.1) is 5.73 Å². The molecule has 11 heteroatoms. The van der Waals surface area contributed by atoms with Crippen molar-refractivity contribution in [1.82, 2.24) is 4.57 Å². The predicted molar refractivity (Wildman–Crippen MR) is 129 cm³/mol. The van der Waals surface area contributed by atoms with E-state index in [0.717, 1.165) is 24.5 Å². The molecule has 1 aromatic carbocycles. The van der Waals surface area contributed by atoms with Crippen LogP contribution in [-0.2, 0) is 16.4 Å². The van der Waals surface area contributed by atoms with Gasteiger partial charge in [0, 0.05) is 41.9 Å². The number of carbonyl (C=O) groups excluding carboxylic acids is 1. The fourth-order valence-corrected chi connectivity index (χ4v) is 4.60. The third-order valence-electron chi connectivity index (χ3n) is 5.69. The second-order valence-corrected chi connectivity index (χ2v) is 10.4. The number of hydrogen-bond donors (Lipinski definition) is 2. The minimum atomic E-state index is -4.65. The average molecular weight is 529 g/mol. The molecule has 0 saturated carbocycles. The number of benzene rings is 1. The highest BCUT2D eigenvalue weighted by molar-refractivity contribution is 7.90. The number of halogens is 4. The summed E-state index contributed by atoms with van der Waals surface area (Å²) in [5.41, 5.74) is 2.71. The van der Waals surface area contributed by atoms with Gasteiger partial charge in [-0.2, -0.15) is 13.2 Å². The fraction of sp³-hybridized carbons (Fsp3) is 0.360. The zero-order valence-electron chi connectivity index (χ0n) is 20.3. The van der Waals surface area contributed by atoms with Gasteiger partial charge in [0.15, 0.2) is 9.84 Å². The van der Waals surface area contributed by atoms with E-state index in [1.807, 2.05) is 0 Å². The van der Waals surface area contributed by atoms with Crippen LogP contribution >= 0.6 is 0 Å². The number of sulfone groups is 1. The molecule has 2 aromatic rings. The lowest BCUT2D eigenvalue weighted by Gasteiger charge is -2.22. The summed E-state index contributed by atoms with van der Waals surface area (Å²) in [7, 11) is -3.81. The van der Waals surface area contributed by atoms with Gasteiger partial charge in [0.05, 0.1) is 12.2 Å². The molecule has 2 rings (SSSR count). The van der Waals surface area contributed by atoms with Crippen molar-refractivity contribution in [2.75, 3.05) is 18.2 Å². The molecule has 0 spiro atoms.